The zero-order valence-electron chi connectivity index (χ0n) is 58.3. The first-order valence-corrected chi connectivity index (χ1v) is 39.3. The van der Waals surface area contributed by atoms with Gasteiger partial charge < -0.3 is 20.3 Å². The van der Waals surface area contributed by atoms with Gasteiger partial charge in [-0.15, -0.1) is 0 Å². The number of carbonyl (C=O) groups excluding carboxylic acids is 2. The molecule has 0 aromatic carbocycles. The predicted octanol–water partition coefficient (Wildman–Crippen LogP) is 25.8. The molecule has 0 aromatic rings. The Hall–Kier alpha value is -1.92. The van der Waals surface area contributed by atoms with Gasteiger partial charge in [-0.25, -0.2) is 0 Å². The number of hydrogen-bond donors (Lipinski definition) is 3. The normalized spacial score (nSPS) is 12.7. The summed E-state index contributed by atoms with van der Waals surface area (Å²) in [6, 6.07) is -0.629. The van der Waals surface area contributed by atoms with Gasteiger partial charge in [0.2, 0.25) is 5.91 Å². The lowest BCUT2D eigenvalue weighted by Crippen LogP contribution is -2.45. The van der Waals surface area contributed by atoms with Gasteiger partial charge in [0.1, 0.15) is 0 Å². The van der Waals surface area contributed by atoms with Crippen molar-refractivity contribution in [1.82, 2.24) is 5.32 Å². The van der Waals surface area contributed by atoms with E-state index in [0.29, 0.717) is 19.4 Å². The van der Waals surface area contributed by atoms with Crippen LogP contribution in [-0.2, 0) is 14.3 Å². The quantitative estimate of drug-likeness (QED) is 0.0320. The van der Waals surface area contributed by atoms with Crippen molar-refractivity contribution >= 4 is 11.9 Å². The third kappa shape index (κ3) is 71.2. The minimum absolute atomic E-state index is 0.00894. The smallest absolute Gasteiger partial charge is 0.305 e. The molecule has 0 fully saturated rings. The minimum atomic E-state index is -0.845. The number of amides is 1. The minimum Gasteiger partial charge on any atom is -0.466 e. The molecule has 0 aliphatic rings. The summed E-state index contributed by atoms with van der Waals surface area (Å²) >= 11 is 0. The molecule has 0 bridgehead atoms. The molecule has 2 unspecified atom stereocenters. The van der Waals surface area contributed by atoms with E-state index < -0.39 is 12.1 Å². The third-order valence-electron chi connectivity index (χ3n) is 18.4. The molecular weight excluding hydrogens is 1050 g/mol. The van der Waals surface area contributed by atoms with Gasteiger partial charge in [0.05, 0.1) is 25.4 Å². The van der Waals surface area contributed by atoms with Crippen LogP contribution in [-0.4, -0.2) is 47.4 Å². The first kappa shape index (κ1) is 84.1. The lowest BCUT2D eigenvalue weighted by Gasteiger charge is -2.20. The van der Waals surface area contributed by atoms with Crippen LogP contribution in [0.4, 0.5) is 0 Å². The number of nitrogens with one attached hydrogen (secondary N) is 1. The molecule has 86 heavy (non-hydrogen) atoms. The van der Waals surface area contributed by atoms with E-state index in [4.69, 9.17) is 4.74 Å². The molecule has 0 aromatic heterocycles. The van der Waals surface area contributed by atoms with Crippen LogP contribution in [0.15, 0.2) is 36.5 Å². The van der Waals surface area contributed by atoms with Gasteiger partial charge in [-0.2, -0.15) is 0 Å². The van der Waals surface area contributed by atoms with Crippen LogP contribution < -0.4 is 5.32 Å². The third-order valence-corrected chi connectivity index (χ3v) is 18.4. The second kappa shape index (κ2) is 75.5. The monoisotopic (exact) mass is 1210 g/mol. The fourth-order valence-electron chi connectivity index (χ4n) is 12.4. The standard InChI is InChI=1S/C80H153NO5/c1-3-5-7-9-11-13-15-17-19-20-21-22-23-30-33-36-39-42-45-48-52-56-60-64-68-72-78(83)77(76-82)81-79(84)73-69-65-61-57-53-49-46-43-40-37-34-31-28-26-24-25-27-29-32-35-38-41-44-47-51-55-59-63-67-71-75-86-80(85)74-70-66-62-58-54-50-18-16-14-12-10-8-6-4-2/h16,18,25,27,68,72,77-78,82-83H,3-15,17,19-24,26,28-67,69-71,73-76H2,1-2H3,(H,81,84)/b18-16-,27-25-,72-68+. The van der Waals surface area contributed by atoms with Crippen LogP contribution in [0.25, 0.3) is 0 Å². The van der Waals surface area contributed by atoms with Crippen molar-refractivity contribution < 1.29 is 24.5 Å². The number of allylic oxidation sites excluding steroid dienone is 5. The SMILES string of the molecule is CCCCCCC/C=C\CCCCCCCC(=O)OCCCCCCCCCCCCCC/C=C\CCCCCCCCCCCCCCCCC(=O)NC(CO)C(O)/C=C/CCCCCCCCCCCCCCCCCCCCCCCCC. The maximum Gasteiger partial charge on any atom is 0.305 e. The number of aliphatic hydroxyl groups is 2. The van der Waals surface area contributed by atoms with E-state index in [1.807, 2.05) is 6.08 Å². The lowest BCUT2D eigenvalue weighted by molar-refractivity contribution is -0.143. The van der Waals surface area contributed by atoms with Crippen LogP contribution >= 0.6 is 0 Å². The van der Waals surface area contributed by atoms with E-state index in [2.05, 4.69) is 43.5 Å². The summed E-state index contributed by atoms with van der Waals surface area (Å²) < 4.78 is 5.49. The topological polar surface area (TPSA) is 95.9 Å². The molecule has 3 N–H and O–H groups in total. The average Bonchev–Trinajstić information content (AvgIpc) is 3.54. The highest BCUT2D eigenvalue weighted by Gasteiger charge is 2.18. The summed E-state index contributed by atoms with van der Waals surface area (Å²) in [7, 11) is 0. The molecule has 0 heterocycles. The Kier molecular flexibility index (Phi) is 73.9. The first-order valence-electron chi connectivity index (χ1n) is 39.3. The Morgan fingerprint density at radius 1 is 0.314 bits per heavy atom. The molecule has 0 radical (unpaired) electrons. The van der Waals surface area contributed by atoms with Gasteiger partial charge in [0.15, 0.2) is 0 Å². The molecule has 0 spiro atoms. The number of carbonyl (C=O) groups is 2. The van der Waals surface area contributed by atoms with E-state index in [0.717, 1.165) is 44.9 Å². The van der Waals surface area contributed by atoms with Crippen molar-refractivity contribution in [3.8, 4) is 0 Å². The van der Waals surface area contributed by atoms with Crippen LogP contribution in [0.1, 0.15) is 438 Å². The van der Waals surface area contributed by atoms with Gasteiger partial charge in [-0.3, -0.25) is 9.59 Å². The number of esters is 1. The second-order valence-corrected chi connectivity index (χ2v) is 27.0. The van der Waals surface area contributed by atoms with Gasteiger partial charge >= 0.3 is 5.97 Å². The van der Waals surface area contributed by atoms with E-state index >= 15 is 0 Å². The van der Waals surface area contributed by atoms with Crippen molar-refractivity contribution in [3.63, 3.8) is 0 Å². The molecule has 0 saturated carbocycles. The van der Waals surface area contributed by atoms with Crippen molar-refractivity contribution in [2.24, 2.45) is 0 Å². The summed E-state index contributed by atoms with van der Waals surface area (Å²) in [5, 5.41) is 23.3. The number of rotatable bonds is 74. The van der Waals surface area contributed by atoms with E-state index in [-0.39, 0.29) is 18.5 Å². The number of hydrogen-bond acceptors (Lipinski definition) is 5. The second-order valence-electron chi connectivity index (χ2n) is 27.0. The first-order chi connectivity index (χ1) is 42.5. The zero-order chi connectivity index (χ0) is 62.0. The maximum atomic E-state index is 12.6. The van der Waals surface area contributed by atoms with Gasteiger partial charge in [0.25, 0.3) is 0 Å². The Morgan fingerprint density at radius 3 is 0.826 bits per heavy atom. The molecule has 2 atom stereocenters. The van der Waals surface area contributed by atoms with Gasteiger partial charge in [-0.1, -0.05) is 378 Å². The largest absolute Gasteiger partial charge is 0.466 e. The highest BCUT2D eigenvalue weighted by Crippen LogP contribution is 2.19. The molecule has 0 aliphatic heterocycles. The zero-order valence-corrected chi connectivity index (χ0v) is 58.3. The van der Waals surface area contributed by atoms with Crippen LogP contribution in [0.2, 0.25) is 0 Å². The summed E-state index contributed by atoms with van der Waals surface area (Å²) in [4.78, 5) is 24.6. The fourth-order valence-corrected chi connectivity index (χ4v) is 12.4. The van der Waals surface area contributed by atoms with Crippen molar-refractivity contribution in [3.05, 3.63) is 36.5 Å². The number of aliphatic hydroxyl groups excluding tert-OH is 2. The highest BCUT2D eigenvalue weighted by atomic mass is 16.5. The number of ether oxygens (including phenoxy) is 1. The Balaban J connectivity index is 3.40. The molecule has 0 aliphatic carbocycles. The molecule has 0 saturated heterocycles. The molecule has 1 amide bonds. The van der Waals surface area contributed by atoms with Gasteiger partial charge in [-0.05, 0) is 83.5 Å². The van der Waals surface area contributed by atoms with Crippen molar-refractivity contribution in [1.29, 1.82) is 0 Å². The Morgan fingerprint density at radius 2 is 0.547 bits per heavy atom. The number of unbranched alkanes of at least 4 members (excludes halogenated alkanes) is 59. The molecular formula is C80H153NO5. The summed E-state index contributed by atoms with van der Waals surface area (Å²) in [6.45, 7) is 4.94. The van der Waals surface area contributed by atoms with Crippen LogP contribution in [0.3, 0.4) is 0 Å². The van der Waals surface area contributed by atoms with Gasteiger partial charge in [0, 0.05) is 12.8 Å². The lowest BCUT2D eigenvalue weighted by atomic mass is 10.0. The van der Waals surface area contributed by atoms with E-state index in [9.17, 15) is 19.8 Å². The van der Waals surface area contributed by atoms with E-state index in [1.165, 1.54) is 366 Å². The predicted molar refractivity (Wildman–Crippen MR) is 379 cm³/mol. The summed E-state index contributed by atoms with van der Waals surface area (Å²) in [5.41, 5.74) is 0. The Bertz CT molecular complexity index is 1390. The van der Waals surface area contributed by atoms with Crippen molar-refractivity contribution in [2.45, 2.75) is 450 Å². The molecule has 508 valence electrons. The fraction of sp³-hybridized carbons (Fsp3) is 0.900. The van der Waals surface area contributed by atoms with E-state index in [1.54, 1.807) is 6.08 Å². The molecule has 0 rings (SSSR count). The highest BCUT2D eigenvalue weighted by molar-refractivity contribution is 5.76. The Labute approximate surface area is 538 Å². The molecule has 6 heteroatoms. The average molecular weight is 1210 g/mol. The summed E-state index contributed by atoms with van der Waals surface area (Å²) in [6.07, 6.45) is 98.3. The molecule has 6 nitrogen and oxygen atoms in total. The van der Waals surface area contributed by atoms with Crippen LogP contribution in [0.5, 0.6) is 0 Å². The summed E-state index contributed by atoms with van der Waals surface area (Å²) in [5.74, 6) is -0.0526. The van der Waals surface area contributed by atoms with Crippen molar-refractivity contribution in [2.75, 3.05) is 13.2 Å². The maximum absolute atomic E-state index is 12.6. The van der Waals surface area contributed by atoms with Crippen LogP contribution in [0, 0.1) is 0 Å².